The molecule has 166 valence electrons. The fraction of sp³-hybridized carbons (Fsp3) is 0.429. The number of allylic oxidation sites excluding steroid dienone is 3. The zero-order chi connectivity index (χ0) is 22.3. The van der Waals surface area contributed by atoms with E-state index in [1.807, 2.05) is 0 Å². The Hall–Kier alpha value is -2.88. The number of rotatable bonds is 4. The molecule has 1 aromatic carbocycles. The van der Waals surface area contributed by atoms with Crippen LogP contribution in [0.5, 0.6) is 0 Å². The third-order valence-corrected chi connectivity index (χ3v) is 5.97. The molecule has 0 radical (unpaired) electrons. The number of anilines is 1. The quantitative estimate of drug-likeness (QED) is 0.715. The summed E-state index contributed by atoms with van der Waals surface area (Å²) in [5.74, 6) is -1.70. The molecule has 1 fully saturated rings. The van der Waals surface area contributed by atoms with Crippen LogP contribution >= 0.6 is 0 Å². The summed E-state index contributed by atoms with van der Waals surface area (Å²) in [6.07, 6.45) is 3.23. The van der Waals surface area contributed by atoms with Crippen molar-refractivity contribution in [2.24, 2.45) is 11.7 Å². The van der Waals surface area contributed by atoms with E-state index in [1.165, 1.54) is 12.1 Å². The van der Waals surface area contributed by atoms with Crippen LogP contribution in [0.15, 0.2) is 42.3 Å². The lowest BCUT2D eigenvalue weighted by Gasteiger charge is -2.34. The van der Waals surface area contributed by atoms with Gasteiger partial charge in [0, 0.05) is 24.3 Å². The Morgan fingerprint density at radius 2 is 1.94 bits per heavy atom. The Kier molecular flexibility index (Phi) is 5.50. The molecule has 1 aliphatic heterocycles. The molecule has 31 heavy (non-hydrogen) atoms. The minimum atomic E-state index is -4.81. The zero-order valence-electron chi connectivity index (χ0n) is 16.5. The number of nitrogens with zero attached hydrogens (tertiary/aromatic N) is 3. The van der Waals surface area contributed by atoms with Gasteiger partial charge in [-0.3, -0.25) is 9.48 Å². The first-order valence-corrected chi connectivity index (χ1v) is 10.0. The molecule has 0 bridgehead atoms. The minimum absolute atomic E-state index is 0.0728. The number of halogens is 4. The monoisotopic (exact) mass is 438 g/mol. The standard InChI is InChI=1S/C21H22F4N4O2/c22-15-9-16-13(10-28(27-16)14-6-4-12(11-30)5-7-14)8-18(15)29-17(20(26)31)2-1-3-19(29)21(23,24)25/h1-3,8-10,12,14,17,30H,4-7,11H2,(H2,26,31). The number of aliphatic hydroxyl groups is 1. The molecule has 1 unspecified atom stereocenters. The zero-order valence-corrected chi connectivity index (χ0v) is 16.5. The summed E-state index contributed by atoms with van der Waals surface area (Å²) in [7, 11) is 0. The van der Waals surface area contributed by atoms with E-state index in [2.05, 4.69) is 5.10 Å². The smallest absolute Gasteiger partial charge is 0.396 e. The molecular weight excluding hydrogens is 416 g/mol. The van der Waals surface area contributed by atoms with Crippen molar-refractivity contribution in [3.8, 4) is 0 Å². The van der Waals surface area contributed by atoms with Crippen molar-refractivity contribution in [1.82, 2.24) is 9.78 Å². The number of benzene rings is 1. The predicted molar refractivity (Wildman–Crippen MR) is 107 cm³/mol. The van der Waals surface area contributed by atoms with Gasteiger partial charge < -0.3 is 15.7 Å². The van der Waals surface area contributed by atoms with Crippen LogP contribution in [0, 0.1) is 11.7 Å². The highest BCUT2D eigenvalue weighted by Crippen LogP contribution is 2.39. The summed E-state index contributed by atoms with van der Waals surface area (Å²) in [5, 5.41) is 14.2. The minimum Gasteiger partial charge on any atom is -0.396 e. The molecule has 1 saturated carbocycles. The Labute approximate surface area is 175 Å². The lowest BCUT2D eigenvalue weighted by atomic mass is 9.87. The summed E-state index contributed by atoms with van der Waals surface area (Å²) in [6, 6.07) is 0.939. The van der Waals surface area contributed by atoms with Crippen LogP contribution in [0.1, 0.15) is 31.7 Å². The number of carbonyl (C=O) groups is 1. The summed E-state index contributed by atoms with van der Waals surface area (Å²) in [4.78, 5) is 12.4. The molecule has 1 atom stereocenters. The first-order valence-electron chi connectivity index (χ1n) is 10.0. The summed E-state index contributed by atoms with van der Waals surface area (Å²) in [5.41, 5.74) is 4.05. The fourth-order valence-corrected chi connectivity index (χ4v) is 4.32. The van der Waals surface area contributed by atoms with Gasteiger partial charge in [0.05, 0.1) is 17.2 Å². The second kappa shape index (κ2) is 7.99. The number of aliphatic hydroxyl groups excluding tert-OH is 1. The predicted octanol–water partition coefficient (Wildman–Crippen LogP) is 3.58. The van der Waals surface area contributed by atoms with Gasteiger partial charge >= 0.3 is 6.18 Å². The topological polar surface area (TPSA) is 84.4 Å². The average molecular weight is 438 g/mol. The number of alkyl halides is 3. The number of fused-ring (bicyclic) bond motifs is 1. The number of hydrogen-bond acceptors (Lipinski definition) is 4. The SMILES string of the molecule is NC(=O)C1C=CC=C(C(F)(F)F)N1c1cc2cn(C3CCC(CO)CC3)nc2cc1F. The van der Waals surface area contributed by atoms with E-state index in [0.717, 1.165) is 43.9 Å². The molecule has 3 N–H and O–H groups in total. The van der Waals surface area contributed by atoms with Crippen molar-refractivity contribution >= 4 is 22.5 Å². The van der Waals surface area contributed by atoms with Crippen LogP contribution in [0.4, 0.5) is 23.2 Å². The van der Waals surface area contributed by atoms with Gasteiger partial charge in [-0.05, 0) is 43.7 Å². The molecule has 10 heteroatoms. The second-order valence-electron chi connectivity index (χ2n) is 7.98. The first kappa shape index (κ1) is 21.4. The van der Waals surface area contributed by atoms with Crippen LogP contribution in [0.25, 0.3) is 10.9 Å². The summed E-state index contributed by atoms with van der Waals surface area (Å²) >= 11 is 0. The maximum atomic E-state index is 15.0. The van der Waals surface area contributed by atoms with Gasteiger partial charge in [-0.2, -0.15) is 18.3 Å². The van der Waals surface area contributed by atoms with Crippen molar-refractivity contribution in [3.63, 3.8) is 0 Å². The lowest BCUT2D eigenvalue weighted by molar-refractivity contribution is -0.119. The molecule has 1 amide bonds. The number of amides is 1. The van der Waals surface area contributed by atoms with Crippen molar-refractivity contribution in [2.45, 2.75) is 43.9 Å². The highest BCUT2D eigenvalue weighted by molar-refractivity contribution is 5.90. The molecule has 0 saturated heterocycles. The Bertz CT molecular complexity index is 1050. The van der Waals surface area contributed by atoms with Gasteiger partial charge in [0.1, 0.15) is 17.6 Å². The largest absolute Gasteiger partial charge is 0.431 e. The highest BCUT2D eigenvalue weighted by Gasteiger charge is 2.43. The van der Waals surface area contributed by atoms with E-state index in [0.29, 0.717) is 15.8 Å². The van der Waals surface area contributed by atoms with Gasteiger partial charge in [-0.25, -0.2) is 4.39 Å². The third-order valence-electron chi connectivity index (χ3n) is 5.97. The maximum Gasteiger partial charge on any atom is 0.431 e. The summed E-state index contributed by atoms with van der Waals surface area (Å²) < 4.78 is 57.5. The molecule has 2 heterocycles. The van der Waals surface area contributed by atoms with E-state index in [1.54, 1.807) is 10.9 Å². The van der Waals surface area contributed by atoms with Gasteiger partial charge in [0.25, 0.3) is 0 Å². The van der Waals surface area contributed by atoms with Gasteiger partial charge in [0.15, 0.2) is 0 Å². The van der Waals surface area contributed by atoms with E-state index >= 15 is 0 Å². The number of nitrogens with two attached hydrogens (primary N) is 1. The Morgan fingerprint density at radius 1 is 1.23 bits per heavy atom. The Balaban J connectivity index is 1.73. The second-order valence-corrected chi connectivity index (χ2v) is 7.98. The molecular formula is C21H22F4N4O2. The molecule has 2 aromatic rings. The highest BCUT2D eigenvalue weighted by atomic mass is 19.4. The molecule has 1 aliphatic carbocycles. The normalized spacial score (nSPS) is 24.5. The van der Waals surface area contributed by atoms with Crippen LogP contribution in [0.3, 0.4) is 0 Å². The number of aromatic nitrogens is 2. The number of hydrogen-bond donors (Lipinski definition) is 2. The fourth-order valence-electron chi connectivity index (χ4n) is 4.32. The van der Waals surface area contributed by atoms with Crippen LogP contribution in [-0.4, -0.2) is 39.6 Å². The summed E-state index contributed by atoms with van der Waals surface area (Å²) in [6.45, 7) is 0.142. The molecule has 6 nitrogen and oxygen atoms in total. The molecule has 2 aliphatic rings. The third kappa shape index (κ3) is 4.04. The van der Waals surface area contributed by atoms with E-state index < -0.39 is 35.3 Å². The lowest BCUT2D eigenvalue weighted by Crippen LogP contribution is -2.47. The molecule has 4 rings (SSSR count). The van der Waals surface area contributed by atoms with Crippen LogP contribution in [0.2, 0.25) is 0 Å². The van der Waals surface area contributed by atoms with Crippen molar-refractivity contribution in [1.29, 1.82) is 0 Å². The maximum absolute atomic E-state index is 15.0. The molecule has 0 spiro atoms. The number of primary amides is 1. The van der Waals surface area contributed by atoms with Gasteiger partial charge in [0.2, 0.25) is 5.91 Å². The van der Waals surface area contributed by atoms with E-state index in [-0.39, 0.29) is 18.6 Å². The number of carbonyl (C=O) groups excluding carboxylic acids is 1. The first-order chi connectivity index (χ1) is 14.7. The average Bonchev–Trinajstić information content (AvgIpc) is 3.14. The van der Waals surface area contributed by atoms with Crippen molar-refractivity contribution in [3.05, 3.63) is 48.1 Å². The van der Waals surface area contributed by atoms with Gasteiger partial charge in [-0.1, -0.05) is 12.2 Å². The van der Waals surface area contributed by atoms with E-state index in [4.69, 9.17) is 5.73 Å². The van der Waals surface area contributed by atoms with Gasteiger partial charge in [-0.15, -0.1) is 0 Å². The van der Waals surface area contributed by atoms with Crippen LogP contribution < -0.4 is 10.6 Å². The van der Waals surface area contributed by atoms with Crippen molar-refractivity contribution < 1.29 is 27.5 Å². The van der Waals surface area contributed by atoms with Crippen molar-refractivity contribution in [2.75, 3.05) is 11.5 Å². The van der Waals surface area contributed by atoms with Crippen LogP contribution in [-0.2, 0) is 4.79 Å². The Morgan fingerprint density at radius 3 is 2.55 bits per heavy atom. The van der Waals surface area contributed by atoms with E-state index in [9.17, 15) is 27.5 Å². The molecule has 1 aromatic heterocycles.